The predicted octanol–water partition coefficient (Wildman–Crippen LogP) is 2.30. The molecule has 1 atom stereocenters. The summed E-state index contributed by atoms with van der Waals surface area (Å²) >= 11 is 6.05. The van der Waals surface area contributed by atoms with Crippen LogP contribution in [0.5, 0.6) is 0 Å². The highest BCUT2D eigenvalue weighted by Gasteiger charge is 2.41. The fourth-order valence-electron chi connectivity index (χ4n) is 4.06. The molecule has 9 heteroatoms. The molecule has 1 amide bonds. The number of hydrazone groups is 1. The Hall–Kier alpha value is -2.63. The van der Waals surface area contributed by atoms with Crippen LogP contribution in [0.4, 0.5) is 0 Å². The first kappa shape index (κ1) is 20.6. The van der Waals surface area contributed by atoms with Crippen molar-refractivity contribution in [2.75, 3.05) is 32.8 Å². The van der Waals surface area contributed by atoms with E-state index < -0.39 is 0 Å². The summed E-state index contributed by atoms with van der Waals surface area (Å²) in [7, 11) is 0. The molecule has 3 aliphatic rings. The number of hydrogen-bond donors (Lipinski definition) is 0. The van der Waals surface area contributed by atoms with Crippen molar-refractivity contribution in [3.63, 3.8) is 0 Å². The molecular formula is C21H25ClN6O2. The second-order valence-corrected chi connectivity index (χ2v) is 8.13. The first-order valence-electron chi connectivity index (χ1n) is 10.4. The maximum absolute atomic E-state index is 12.5. The molecule has 1 aromatic rings. The number of amides is 1. The number of hydrogen-bond acceptors (Lipinski definition) is 5. The van der Waals surface area contributed by atoms with E-state index >= 15 is 0 Å². The summed E-state index contributed by atoms with van der Waals surface area (Å²) in [6.07, 6.45) is 4.44. The number of guanidine groups is 1. The molecule has 0 spiro atoms. The lowest BCUT2D eigenvalue weighted by atomic mass is 10.0. The van der Waals surface area contributed by atoms with E-state index in [1.807, 2.05) is 40.3 Å². The van der Waals surface area contributed by atoms with Gasteiger partial charge < -0.3 is 14.5 Å². The molecule has 1 aromatic carbocycles. The standard InChI is InChI=1S/C21H25ClN6O2/c1-2-10-30-17-11-26(12-17)21(24-14-23)28-13-18(27-9-3-4-19(27)29)20(25-28)15-5-7-16(22)8-6-15/h5-8,17-18H,2-4,9-13H2,1H3/b24-21-. The molecule has 0 N–H and O–H groups in total. The number of carbonyl (C=O) groups is 1. The number of ether oxygens (including phenoxy) is 1. The molecule has 3 heterocycles. The van der Waals surface area contributed by atoms with Gasteiger partial charge >= 0.3 is 0 Å². The lowest BCUT2D eigenvalue weighted by Crippen LogP contribution is -2.58. The van der Waals surface area contributed by atoms with Gasteiger partial charge in [0.15, 0.2) is 0 Å². The fourth-order valence-corrected chi connectivity index (χ4v) is 4.18. The lowest BCUT2D eigenvalue weighted by molar-refractivity contribution is -0.128. The smallest absolute Gasteiger partial charge is 0.233 e. The van der Waals surface area contributed by atoms with Crippen LogP contribution in [-0.4, -0.2) is 77.3 Å². The Labute approximate surface area is 181 Å². The van der Waals surface area contributed by atoms with Gasteiger partial charge in [-0.3, -0.25) is 4.79 Å². The highest BCUT2D eigenvalue weighted by Crippen LogP contribution is 2.26. The normalized spacial score (nSPS) is 22.4. The third kappa shape index (κ3) is 4.13. The van der Waals surface area contributed by atoms with Gasteiger partial charge in [-0.2, -0.15) is 10.4 Å². The summed E-state index contributed by atoms with van der Waals surface area (Å²) in [6, 6.07) is 7.29. The van der Waals surface area contributed by atoms with Crippen molar-refractivity contribution in [2.45, 2.75) is 38.3 Å². The Bertz CT molecular complexity index is 888. The van der Waals surface area contributed by atoms with E-state index in [0.29, 0.717) is 43.6 Å². The zero-order chi connectivity index (χ0) is 21.1. The molecule has 0 aromatic heterocycles. The van der Waals surface area contributed by atoms with Crippen molar-refractivity contribution in [1.29, 1.82) is 5.26 Å². The average molecular weight is 429 g/mol. The number of rotatable bonds is 5. The summed E-state index contributed by atoms with van der Waals surface area (Å²) in [5.74, 6) is 0.647. The molecule has 3 aliphatic heterocycles. The van der Waals surface area contributed by atoms with Crippen molar-refractivity contribution in [1.82, 2.24) is 14.8 Å². The van der Waals surface area contributed by atoms with Gasteiger partial charge in [-0.05, 0) is 25.0 Å². The van der Waals surface area contributed by atoms with Crippen molar-refractivity contribution < 1.29 is 9.53 Å². The van der Waals surface area contributed by atoms with Crippen LogP contribution in [0.1, 0.15) is 31.7 Å². The van der Waals surface area contributed by atoms with E-state index in [2.05, 4.69) is 11.9 Å². The minimum absolute atomic E-state index is 0.138. The monoisotopic (exact) mass is 428 g/mol. The predicted molar refractivity (Wildman–Crippen MR) is 114 cm³/mol. The zero-order valence-electron chi connectivity index (χ0n) is 17.0. The molecule has 30 heavy (non-hydrogen) atoms. The summed E-state index contributed by atoms with van der Waals surface area (Å²) in [4.78, 5) is 20.4. The molecule has 1 unspecified atom stereocenters. The lowest BCUT2D eigenvalue weighted by Gasteiger charge is -2.42. The number of nitrogens with zero attached hydrogens (tertiary/aromatic N) is 6. The Morgan fingerprint density at radius 1 is 1.33 bits per heavy atom. The van der Waals surface area contributed by atoms with Crippen molar-refractivity contribution in [3.05, 3.63) is 34.9 Å². The highest BCUT2D eigenvalue weighted by atomic mass is 35.5. The van der Waals surface area contributed by atoms with Crippen molar-refractivity contribution in [2.24, 2.45) is 10.1 Å². The van der Waals surface area contributed by atoms with Crippen LogP contribution in [0.3, 0.4) is 0 Å². The summed E-state index contributed by atoms with van der Waals surface area (Å²) < 4.78 is 5.77. The number of halogens is 1. The molecular weight excluding hydrogens is 404 g/mol. The Balaban J connectivity index is 1.58. The number of aliphatic imine (C=N–C) groups is 1. The molecule has 0 radical (unpaired) electrons. The van der Waals surface area contributed by atoms with E-state index in [4.69, 9.17) is 21.4 Å². The van der Waals surface area contributed by atoms with E-state index in [1.54, 1.807) is 5.01 Å². The second kappa shape index (κ2) is 9.02. The molecule has 8 nitrogen and oxygen atoms in total. The number of carbonyl (C=O) groups excluding carboxylic acids is 1. The van der Waals surface area contributed by atoms with Gasteiger partial charge in [-0.1, -0.05) is 30.7 Å². The van der Waals surface area contributed by atoms with Gasteiger partial charge in [0.05, 0.1) is 24.4 Å². The van der Waals surface area contributed by atoms with Gasteiger partial charge in [0.1, 0.15) is 0 Å². The molecule has 4 rings (SSSR count). The first-order chi connectivity index (χ1) is 14.6. The zero-order valence-corrected chi connectivity index (χ0v) is 17.8. The quantitative estimate of drug-likeness (QED) is 0.408. The molecule has 0 aliphatic carbocycles. The maximum atomic E-state index is 12.5. The van der Waals surface area contributed by atoms with Crippen molar-refractivity contribution >= 4 is 29.2 Å². The van der Waals surface area contributed by atoms with E-state index in [1.165, 1.54) is 0 Å². The molecule has 2 saturated heterocycles. The fraction of sp³-hybridized carbons (Fsp3) is 0.524. The van der Waals surface area contributed by atoms with Crippen LogP contribution in [0.2, 0.25) is 5.02 Å². The van der Waals surface area contributed by atoms with Crippen LogP contribution >= 0.6 is 11.6 Å². The van der Waals surface area contributed by atoms with Crippen LogP contribution in [0.15, 0.2) is 34.4 Å². The SMILES string of the molecule is CCCOC1CN(/C(=N/C#N)N2CC(N3CCCC3=O)C(c3ccc(Cl)cc3)=N2)C1. The van der Waals surface area contributed by atoms with Crippen LogP contribution in [-0.2, 0) is 9.53 Å². The van der Waals surface area contributed by atoms with Crippen LogP contribution in [0.25, 0.3) is 0 Å². The minimum atomic E-state index is -0.182. The summed E-state index contributed by atoms with van der Waals surface area (Å²) in [5.41, 5.74) is 1.71. The number of benzene rings is 1. The number of likely N-dealkylation sites (tertiary alicyclic amines) is 2. The van der Waals surface area contributed by atoms with Crippen molar-refractivity contribution in [3.8, 4) is 6.19 Å². The summed E-state index contributed by atoms with van der Waals surface area (Å²) in [6.45, 7) is 5.35. The van der Waals surface area contributed by atoms with Gasteiger partial charge in [0, 0.05) is 43.2 Å². The van der Waals surface area contributed by atoms with Gasteiger partial charge in [0.2, 0.25) is 18.1 Å². The third-order valence-corrected chi connectivity index (χ3v) is 5.84. The summed E-state index contributed by atoms with van der Waals surface area (Å²) in [5, 5.41) is 16.5. The third-order valence-electron chi connectivity index (χ3n) is 5.59. The molecule has 2 fully saturated rings. The van der Waals surface area contributed by atoms with Gasteiger partial charge in [-0.25, -0.2) is 5.01 Å². The largest absolute Gasteiger partial charge is 0.375 e. The molecule has 0 saturated carbocycles. The number of nitriles is 1. The Morgan fingerprint density at radius 3 is 2.73 bits per heavy atom. The molecule has 0 bridgehead atoms. The maximum Gasteiger partial charge on any atom is 0.233 e. The van der Waals surface area contributed by atoms with E-state index in [0.717, 1.165) is 30.7 Å². The topological polar surface area (TPSA) is 84.5 Å². The van der Waals surface area contributed by atoms with Crippen LogP contribution in [0, 0.1) is 11.5 Å². The van der Waals surface area contributed by atoms with E-state index in [9.17, 15) is 10.1 Å². The van der Waals surface area contributed by atoms with Gasteiger partial charge in [-0.15, -0.1) is 4.99 Å². The Kier molecular flexibility index (Phi) is 6.21. The second-order valence-electron chi connectivity index (χ2n) is 7.69. The average Bonchev–Trinajstić information content (AvgIpc) is 3.32. The minimum Gasteiger partial charge on any atom is -0.375 e. The van der Waals surface area contributed by atoms with E-state index in [-0.39, 0.29) is 18.1 Å². The van der Waals surface area contributed by atoms with Crippen LogP contribution < -0.4 is 0 Å². The Morgan fingerprint density at radius 2 is 2.10 bits per heavy atom. The molecule has 158 valence electrons. The first-order valence-corrected chi connectivity index (χ1v) is 10.7. The van der Waals surface area contributed by atoms with Gasteiger partial charge in [0.25, 0.3) is 0 Å². The highest BCUT2D eigenvalue weighted by molar-refractivity contribution is 6.30.